The first-order chi connectivity index (χ1) is 10.2. The fourth-order valence-electron chi connectivity index (χ4n) is 2.15. The van der Waals surface area contributed by atoms with Gasteiger partial charge in [0.25, 0.3) is 0 Å². The largest absolute Gasteiger partial charge is 0.497 e. The summed E-state index contributed by atoms with van der Waals surface area (Å²) in [5, 5.41) is 3.35. The highest BCUT2D eigenvalue weighted by atomic mass is 16.5. The molecule has 1 N–H and O–H groups in total. The molecule has 1 aromatic carbocycles. The summed E-state index contributed by atoms with van der Waals surface area (Å²) < 4.78 is 16.3. The molecule has 1 atom stereocenters. The molecule has 1 aromatic rings. The fourth-order valence-corrected chi connectivity index (χ4v) is 2.15. The number of rotatable bonds is 11. The minimum Gasteiger partial charge on any atom is -0.497 e. The van der Waals surface area contributed by atoms with Crippen molar-refractivity contribution >= 4 is 0 Å². The summed E-state index contributed by atoms with van der Waals surface area (Å²) in [6, 6.07) is 5.99. The lowest BCUT2D eigenvalue weighted by Gasteiger charge is -2.16. The Kier molecular flexibility index (Phi) is 8.87. The molecule has 0 saturated carbocycles. The molecule has 0 aliphatic rings. The van der Waals surface area contributed by atoms with Gasteiger partial charge in [0.2, 0.25) is 0 Å². The average Bonchev–Trinajstić information content (AvgIpc) is 2.50. The van der Waals surface area contributed by atoms with Crippen LogP contribution in [0.2, 0.25) is 0 Å². The van der Waals surface area contributed by atoms with Crippen LogP contribution in [0.3, 0.4) is 0 Å². The van der Waals surface area contributed by atoms with Gasteiger partial charge in [-0.3, -0.25) is 0 Å². The Bertz CT molecular complexity index is 396. The molecule has 0 spiro atoms. The van der Waals surface area contributed by atoms with Crippen LogP contribution in [0.15, 0.2) is 18.2 Å². The molecule has 0 aromatic heterocycles. The number of hydrogen-bond donors (Lipinski definition) is 1. The number of hydrogen-bond acceptors (Lipinski definition) is 4. The molecule has 4 heteroatoms. The van der Waals surface area contributed by atoms with E-state index in [0.717, 1.165) is 36.8 Å². The Hall–Kier alpha value is -1.26. The van der Waals surface area contributed by atoms with E-state index in [1.54, 1.807) is 14.2 Å². The smallest absolute Gasteiger partial charge is 0.127 e. The third-order valence-corrected chi connectivity index (χ3v) is 3.38. The molecule has 1 unspecified atom stereocenters. The van der Waals surface area contributed by atoms with Gasteiger partial charge in [0.15, 0.2) is 0 Å². The van der Waals surface area contributed by atoms with E-state index in [1.165, 1.54) is 12.8 Å². The summed E-state index contributed by atoms with van der Waals surface area (Å²) in [4.78, 5) is 0. The summed E-state index contributed by atoms with van der Waals surface area (Å²) >= 11 is 0. The highest BCUT2D eigenvalue weighted by Gasteiger charge is 2.08. The number of nitrogens with one attached hydrogen (secondary N) is 1. The van der Waals surface area contributed by atoms with Gasteiger partial charge >= 0.3 is 0 Å². The van der Waals surface area contributed by atoms with Crippen molar-refractivity contribution in [2.45, 2.75) is 33.2 Å². The Morgan fingerprint density at radius 3 is 2.71 bits per heavy atom. The molecule has 4 nitrogen and oxygen atoms in total. The van der Waals surface area contributed by atoms with Gasteiger partial charge in [-0.2, -0.15) is 0 Å². The Balaban J connectivity index is 2.63. The normalized spacial score (nSPS) is 12.2. The Morgan fingerprint density at radius 2 is 2.05 bits per heavy atom. The molecule has 0 aliphatic carbocycles. The fraction of sp³-hybridized carbons (Fsp3) is 0.647. The van der Waals surface area contributed by atoms with Crippen LogP contribution < -0.4 is 14.8 Å². The van der Waals surface area contributed by atoms with Crippen LogP contribution >= 0.6 is 0 Å². The lowest BCUT2D eigenvalue weighted by atomic mass is 10.1. The summed E-state index contributed by atoms with van der Waals surface area (Å²) in [5.41, 5.74) is 1.15. The number of ether oxygens (including phenoxy) is 3. The van der Waals surface area contributed by atoms with Crippen molar-refractivity contribution in [3.05, 3.63) is 23.8 Å². The SMILES string of the molecule is CCCC(C)COc1cc(OC)ccc1CNCCOC. The quantitative estimate of drug-likeness (QED) is 0.636. The van der Waals surface area contributed by atoms with Crippen molar-refractivity contribution < 1.29 is 14.2 Å². The van der Waals surface area contributed by atoms with Gasteiger partial charge in [0, 0.05) is 31.8 Å². The van der Waals surface area contributed by atoms with Crippen LogP contribution in [0.1, 0.15) is 32.3 Å². The molecule has 0 heterocycles. The molecule has 21 heavy (non-hydrogen) atoms. The molecule has 120 valence electrons. The predicted octanol–water partition coefficient (Wildman–Crippen LogP) is 3.25. The van der Waals surface area contributed by atoms with Gasteiger partial charge in [0.1, 0.15) is 11.5 Å². The van der Waals surface area contributed by atoms with E-state index in [1.807, 2.05) is 12.1 Å². The molecule has 0 saturated heterocycles. The summed E-state index contributed by atoms with van der Waals surface area (Å²) in [6.45, 7) is 7.47. The molecule has 0 radical (unpaired) electrons. The minimum absolute atomic E-state index is 0.565. The van der Waals surface area contributed by atoms with Crippen molar-refractivity contribution in [2.24, 2.45) is 5.92 Å². The zero-order valence-corrected chi connectivity index (χ0v) is 13.8. The van der Waals surface area contributed by atoms with Crippen molar-refractivity contribution in [2.75, 3.05) is 34.0 Å². The van der Waals surface area contributed by atoms with Gasteiger partial charge in [-0.15, -0.1) is 0 Å². The van der Waals surface area contributed by atoms with Crippen molar-refractivity contribution in [3.63, 3.8) is 0 Å². The molecule has 0 fully saturated rings. The topological polar surface area (TPSA) is 39.7 Å². The maximum Gasteiger partial charge on any atom is 0.127 e. The maximum absolute atomic E-state index is 6.00. The van der Waals surface area contributed by atoms with E-state index in [-0.39, 0.29) is 0 Å². The predicted molar refractivity (Wildman–Crippen MR) is 86.1 cm³/mol. The number of methoxy groups -OCH3 is 2. The maximum atomic E-state index is 6.00. The lowest BCUT2D eigenvalue weighted by molar-refractivity contribution is 0.198. The molecular weight excluding hydrogens is 266 g/mol. The van der Waals surface area contributed by atoms with E-state index >= 15 is 0 Å². The summed E-state index contributed by atoms with van der Waals surface area (Å²) in [5.74, 6) is 2.30. The Labute approximate surface area is 128 Å². The van der Waals surface area contributed by atoms with Crippen LogP contribution in [0, 0.1) is 5.92 Å². The number of benzene rings is 1. The molecular formula is C17H29NO3. The second-order valence-corrected chi connectivity index (χ2v) is 5.35. The van der Waals surface area contributed by atoms with Crippen LogP contribution in [0.25, 0.3) is 0 Å². The van der Waals surface area contributed by atoms with Crippen molar-refractivity contribution in [1.82, 2.24) is 5.32 Å². The summed E-state index contributed by atoms with van der Waals surface area (Å²) in [6.07, 6.45) is 2.37. The van der Waals surface area contributed by atoms with Gasteiger partial charge < -0.3 is 19.5 Å². The first-order valence-corrected chi connectivity index (χ1v) is 7.70. The van der Waals surface area contributed by atoms with Crippen LogP contribution in [-0.4, -0.2) is 34.0 Å². The van der Waals surface area contributed by atoms with E-state index in [0.29, 0.717) is 12.5 Å². The second-order valence-electron chi connectivity index (χ2n) is 5.35. The van der Waals surface area contributed by atoms with Crippen molar-refractivity contribution in [1.29, 1.82) is 0 Å². The van der Waals surface area contributed by atoms with Crippen LogP contribution in [0.5, 0.6) is 11.5 Å². The van der Waals surface area contributed by atoms with Gasteiger partial charge in [0.05, 0.1) is 20.3 Å². The highest BCUT2D eigenvalue weighted by Crippen LogP contribution is 2.25. The highest BCUT2D eigenvalue weighted by molar-refractivity contribution is 5.40. The standard InChI is InChI=1S/C17H29NO3/c1-5-6-14(2)13-21-17-11-16(20-4)8-7-15(17)12-18-9-10-19-3/h7-8,11,14,18H,5-6,9-10,12-13H2,1-4H3. The monoisotopic (exact) mass is 295 g/mol. The zero-order chi connectivity index (χ0) is 15.5. The van der Waals surface area contributed by atoms with E-state index in [9.17, 15) is 0 Å². The Morgan fingerprint density at radius 1 is 1.24 bits per heavy atom. The molecule has 0 bridgehead atoms. The average molecular weight is 295 g/mol. The van der Waals surface area contributed by atoms with Crippen LogP contribution in [0.4, 0.5) is 0 Å². The summed E-state index contributed by atoms with van der Waals surface area (Å²) in [7, 11) is 3.38. The van der Waals surface area contributed by atoms with Crippen LogP contribution in [-0.2, 0) is 11.3 Å². The van der Waals surface area contributed by atoms with E-state index in [2.05, 4.69) is 25.2 Å². The van der Waals surface area contributed by atoms with Gasteiger partial charge in [-0.1, -0.05) is 26.3 Å². The lowest BCUT2D eigenvalue weighted by Crippen LogP contribution is -2.19. The third kappa shape index (κ3) is 6.82. The second kappa shape index (κ2) is 10.5. The first kappa shape index (κ1) is 17.8. The zero-order valence-electron chi connectivity index (χ0n) is 13.8. The molecule has 1 rings (SSSR count). The molecule has 0 amide bonds. The minimum atomic E-state index is 0.565. The molecule has 0 aliphatic heterocycles. The third-order valence-electron chi connectivity index (χ3n) is 3.38. The van der Waals surface area contributed by atoms with Gasteiger partial charge in [-0.05, 0) is 18.4 Å². The van der Waals surface area contributed by atoms with Crippen molar-refractivity contribution in [3.8, 4) is 11.5 Å². The van der Waals surface area contributed by atoms with E-state index in [4.69, 9.17) is 14.2 Å². The first-order valence-electron chi connectivity index (χ1n) is 7.70. The van der Waals surface area contributed by atoms with Gasteiger partial charge in [-0.25, -0.2) is 0 Å². The van der Waals surface area contributed by atoms with E-state index < -0.39 is 0 Å².